The molecule has 0 fully saturated rings. The zero-order valence-corrected chi connectivity index (χ0v) is 9.84. The van der Waals surface area contributed by atoms with Crippen LogP contribution >= 0.6 is 0 Å². The van der Waals surface area contributed by atoms with E-state index in [0.29, 0.717) is 6.07 Å². The molecule has 0 aliphatic rings. The lowest BCUT2D eigenvalue weighted by Gasteiger charge is -2.07. The summed E-state index contributed by atoms with van der Waals surface area (Å²) in [5, 5.41) is 0. The number of carbonyl (C=O) groups excluding carboxylic acids is 1. The molecule has 0 spiro atoms. The van der Waals surface area contributed by atoms with Gasteiger partial charge in [-0.25, -0.2) is 8.78 Å². The van der Waals surface area contributed by atoms with Gasteiger partial charge in [-0.1, -0.05) is 12.1 Å². The standard InChI is InChI=1S/C14H7F5O/c15-10-5-6-11(12(16)7-10)13(20)8-1-3-9(4-2-8)14(17,18)19/h1-7H. The highest BCUT2D eigenvalue weighted by molar-refractivity contribution is 6.09. The predicted octanol–water partition coefficient (Wildman–Crippen LogP) is 4.21. The van der Waals surface area contributed by atoms with Crippen molar-refractivity contribution in [1.82, 2.24) is 0 Å². The third kappa shape index (κ3) is 2.84. The smallest absolute Gasteiger partial charge is 0.288 e. The van der Waals surface area contributed by atoms with Crippen molar-refractivity contribution in [1.29, 1.82) is 0 Å². The van der Waals surface area contributed by atoms with Gasteiger partial charge in [0.1, 0.15) is 11.6 Å². The molecule has 0 N–H and O–H groups in total. The summed E-state index contributed by atoms with van der Waals surface area (Å²) in [6.07, 6.45) is -4.51. The number of ketones is 1. The van der Waals surface area contributed by atoms with E-state index in [0.717, 1.165) is 36.4 Å². The lowest BCUT2D eigenvalue weighted by atomic mass is 10.0. The fourth-order valence-corrected chi connectivity index (χ4v) is 1.64. The molecule has 104 valence electrons. The Hall–Kier alpha value is -2.24. The van der Waals surface area contributed by atoms with E-state index in [4.69, 9.17) is 0 Å². The second-order valence-electron chi connectivity index (χ2n) is 4.03. The van der Waals surface area contributed by atoms with E-state index >= 15 is 0 Å². The lowest BCUT2D eigenvalue weighted by molar-refractivity contribution is -0.137. The number of carbonyl (C=O) groups is 1. The third-order valence-corrected chi connectivity index (χ3v) is 2.65. The van der Waals surface area contributed by atoms with Crippen LogP contribution in [0.2, 0.25) is 0 Å². The lowest BCUT2D eigenvalue weighted by Crippen LogP contribution is -2.08. The Labute approximate surface area is 110 Å². The van der Waals surface area contributed by atoms with Crippen molar-refractivity contribution in [2.24, 2.45) is 0 Å². The van der Waals surface area contributed by atoms with Gasteiger partial charge in [0.25, 0.3) is 0 Å². The summed E-state index contributed by atoms with van der Waals surface area (Å²) in [4.78, 5) is 11.9. The molecular formula is C14H7F5O. The molecule has 0 aliphatic heterocycles. The van der Waals surface area contributed by atoms with Crippen molar-refractivity contribution in [3.05, 3.63) is 70.8 Å². The fourth-order valence-electron chi connectivity index (χ4n) is 1.64. The summed E-state index contributed by atoms with van der Waals surface area (Å²) in [5.74, 6) is -2.71. The second-order valence-corrected chi connectivity index (χ2v) is 4.03. The largest absolute Gasteiger partial charge is 0.416 e. The van der Waals surface area contributed by atoms with Gasteiger partial charge in [0.2, 0.25) is 0 Å². The maximum atomic E-state index is 13.4. The van der Waals surface area contributed by atoms with Crippen LogP contribution in [0.25, 0.3) is 0 Å². The van der Waals surface area contributed by atoms with Crippen molar-refractivity contribution in [3.63, 3.8) is 0 Å². The van der Waals surface area contributed by atoms with Crippen LogP contribution in [0.3, 0.4) is 0 Å². The van der Waals surface area contributed by atoms with Crippen LogP contribution in [0.5, 0.6) is 0 Å². The summed E-state index contributed by atoms with van der Waals surface area (Å²) in [5.41, 5.74) is -1.41. The van der Waals surface area contributed by atoms with Gasteiger partial charge in [0.05, 0.1) is 11.1 Å². The summed E-state index contributed by atoms with van der Waals surface area (Å²) in [6.45, 7) is 0. The molecule has 2 rings (SSSR count). The van der Waals surface area contributed by atoms with Gasteiger partial charge in [0, 0.05) is 11.6 Å². The van der Waals surface area contributed by atoms with Gasteiger partial charge >= 0.3 is 6.18 Å². The van der Waals surface area contributed by atoms with E-state index in [2.05, 4.69) is 0 Å². The highest BCUT2D eigenvalue weighted by Gasteiger charge is 2.30. The first-order chi connectivity index (χ1) is 9.29. The quantitative estimate of drug-likeness (QED) is 0.597. The maximum absolute atomic E-state index is 13.4. The van der Waals surface area contributed by atoms with Crippen molar-refractivity contribution >= 4 is 5.78 Å². The topological polar surface area (TPSA) is 17.1 Å². The van der Waals surface area contributed by atoms with Gasteiger partial charge in [-0.15, -0.1) is 0 Å². The molecule has 0 radical (unpaired) electrons. The Kier molecular flexibility index (Phi) is 3.57. The second kappa shape index (κ2) is 5.03. The minimum absolute atomic E-state index is 0.108. The number of hydrogen-bond acceptors (Lipinski definition) is 1. The molecule has 0 unspecified atom stereocenters. The third-order valence-electron chi connectivity index (χ3n) is 2.65. The molecule has 6 heteroatoms. The molecule has 20 heavy (non-hydrogen) atoms. The normalized spacial score (nSPS) is 11.4. The van der Waals surface area contributed by atoms with E-state index in [1.807, 2.05) is 0 Å². The van der Waals surface area contributed by atoms with Gasteiger partial charge in [0.15, 0.2) is 5.78 Å². The molecule has 0 amide bonds. The van der Waals surface area contributed by atoms with E-state index in [9.17, 15) is 26.7 Å². The van der Waals surface area contributed by atoms with Crippen LogP contribution < -0.4 is 0 Å². The molecule has 0 saturated heterocycles. The molecule has 2 aromatic carbocycles. The number of rotatable bonds is 2. The van der Waals surface area contributed by atoms with E-state index in [1.54, 1.807) is 0 Å². The van der Waals surface area contributed by atoms with Crippen LogP contribution in [0.15, 0.2) is 42.5 Å². The Morgan fingerprint density at radius 3 is 2.00 bits per heavy atom. The zero-order chi connectivity index (χ0) is 14.9. The van der Waals surface area contributed by atoms with Crippen molar-refractivity contribution in [2.75, 3.05) is 0 Å². The van der Waals surface area contributed by atoms with E-state index in [-0.39, 0.29) is 5.56 Å². The van der Waals surface area contributed by atoms with Crippen LogP contribution in [0, 0.1) is 11.6 Å². The van der Waals surface area contributed by atoms with Crippen LogP contribution in [-0.4, -0.2) is 5.78 Å². The average molecular weight is 286 g/mol. The predicted molar refractivity (Wildman–Crippen MR) is 61.2 cm³/mol. The van der Waals surface area contributed by atoms with Crippen LogP contribution in [0.1, 0.15) is 21.5 Å². The monoisotopic (exact) mass is 286 g/mol. The SMILES string of the molecule is O=C(c1ccc(C(F)(F)F)cc1)c1ccc(F)cc1F. The molecule has 0 saturated carbocycles. The summed E-state index contributed by atoms with van der Waals surface area (Å²) < 4.78 is 63.2. The van der Waals surface area contributed by atoms with E-state index < -0.39 is 34.7 Å². The highest BCUT2D eigenvalue weighted by Crippen LogP contribution is 2.29. The molecule has 0 aliphatic carbocycles. The Morgan fingerprint density at radius 1 is 0.900 bits per heavy atom. The molecule has 1 nitrogen and oxygen atoms in total. The van der Waals surface area contributed by atoms with Gasteiger partial charge in [-0.3, -0.25) is 4.79 Å². The number of alkyl halides is 3. The maximum Gasteiger partial charge on any atom is 0.416 e. The summed E-state index contributed by atoms with van der Waals surface area (Å²) >= 11 is 0. The molecule has 0 heterocycles. The van der Waals surface area contributed by atoms with Crippen molar-refractivity contribution in [2.45, 2.75) is 6.18 Å². The number of benzene rings is 2. The number of hydrogen-bond donors (Lipinski definition) is 0. The first-order valence-corrected chi connectivity index (χ1v) is 5.46. The van der Waals surface area contributed by atoms with Gasteiger partial charge in [-0.2, -0.15) is 13.2 Å². The van der Waals surface area contributed by atoms with Gasteiger partial charge in [-0.05, 0) is 24.3 Å². The molecule has 2 aromatic rings. The van der Waals surface area contributed by atoms with Crippen LogP contribution in [-0.2, 0) is 6.18 Å². The molecule has 0 aromatic heterocycles. The Bertz CT molecular complexity index is 644. The minimum Gasteiger partial charge on any atom is -0.288 e. The zero-order valence-electron chi connectivity index (χ0n) is 9.84. The first-order valence-electron chi connectivity index (χ1n) is 5.46. The summed E-state index contributed by atoms with van der Waals surface area (Å²) in [6, 6.07) is 5.76. The fraction of sp³-hybridized carbons (Fsp3) is 0.0714. The van der Waals surface area contributed by atoms with E-state index in [1.165, 1.54) is 0 Å². The van der Waals surface area contributed by atoms with Gasteiger partial charge < -0.3 is 0 Å². The molecular weight excluding hydrogens is 279 g/mol. The van der Waals surface area contributed by atoms with Crippen molar-refractivity contribution < 1.29 is 26.7 Å². The average Bonchev–Trinajstić information content (AvgIpc) is 2.37. The molecule has 0 atom stereocenters. The minimum atomic E-state index is -4.51. The Balaban J connectivity index is 2.34. The first kappa shape index (κ1) is 14.2. The Morgan fingerprint density at radius 2 is 1.50 bits per heavy atom. The molecule has 0 bridgehead atoms. The number of halogens is 5. The summed E-state index contributed by atoms with van der Waals surface area (Å²) in [7, 11) is 0. The van der Waals surface area contributed by atoms with Crippen LogP contribution in [0.4, 0.5) is 22.0 Å². The van der Waals surface area contributed by atoms with Crippen molar-refractivity contribution in [3.8, 4) is 0 Å². The highest BCUT2D eigenvalue weighted by atomic mass is 19.4.